The molecule has 3 unspecified atom stereocenters. The molecule has 5 atom stereocenters. The van der Waals surface area contributed by atoms with Crippen molar-refractivity contribution < 1.29 is 24.4 Å². The van der Waals surface area contributed by atoms with Crippen LogP contribution in [0.4, 0.5) is 4.39 Å². The highest BCUT2D eigenvalue weighted by Gasteiger charge is 2.42. The quantitative estimate of drug-likeness (QED) is 0.475. The maximum Gasteiger partial charge on any atom is 0.157 e. The van der Waals surface area contributed by atoms with Gasteiger partial charge in [0.25, 0.3) is 0 Å². The molecule has 0 saturated carbocycles. The monoisotopic (exact) mass is 180 g/mol. The van der Waals surface area contributed by atoms with Crippen LogP contribution >= 0.6 is 0 Å². The normalized spacial score (nSPS) is 49.2. The van der Waals surface area contributed by atoms with E-state index in [9.17, 15) is 4.39 Å². The van der Waals surface area contributed by atoms with E-state index in [0.717, 1.165) is 0 Å². The van der Waals surface area contributed by atoms with Crippen LogP contribution in [0.3, 0.4) is 0 Å². The summed E-state index contributed by atoms with van der Waals surface area (Å²) in [7, 11) is 0. The summed E-state index contributed by atoms with van der Waals surface area (Å²) >= 11 is 0. The van der Waals surface area contributed by atoms with Gasteiger partial charge >= 0.3 is 0 Å². The molecule has 0 aromatic rings. The highest BCUT2D eigenvalue weighted by molar-refractivity contribution is 4.90. The van der Waals surface area contributed by atoms with Crippen LogP contribution in [0.2, 0.25) is 0 Å². The summed E-state index contributed by atoms with van der Waals surface area (Å²) in [4.78, 5) is 0. The van der Waals surface area contributed by atoms with Crippen LogP contribution < -0.4 is 0 Å². The molecular formula is C7H13FO4. The van der Waals surface area contributed by atoms with Crippen molar-refractivity contribution >= 4 is 0 Å². The van der Waals surface area contributed by atoms with Crippen molar-refractivity contribution in [2.45, 2.75) is 37.5 Å². The number of aliphatic hydroxyl groups excluding tert-OH is 3. The fourth-order valence-electron chi connectivity index (χ4n) is 1.26. The van der Waals surface area contributed by atoms with E-state index in [2.05, 4.69) is 0 Å². The number of hydrogen-bond donors (Lipinski definition) is 3. The summed E-state index contributed by atoms with van der Waals surface area (Å²) in [5, 5.41) is 26.9. The van der Waals surface area contributed by atoms with E-state index in [1.54, 1.807) is 0 Å². The van der Waals surface area contributed by atoms with Gasteiger partial charge in [-0.05, 0) is 6.92 Å². The lowest BCUT2D eigenvalue weighted by Gasteiger charge is -2.37. The summed E-state index contributed by atoms with van der Waals surface area (Å²) in [5.74, 6) is 0. The third kappa shape index (κ3) is 1.59. The number of aliphatic hydroxyl groups is 3. The summed E-state index contributed by atoms with van der Waals surface area (Å²) < 4.78 is 17.9. The van der Waals surface area contributed by atoms with E-state index >= 15 is 0 Å². The second-order valence-corrected chi connectivity index (χ2v) is 2.99. The molecule has 0 bridgehead atoms. The molecule has 0 aromatic carbocycles. The molecule has 1 fully saturated rings. The molecule has 1 aliphatic rings. The van der Waals surface area contributed by atoms with Gasteiger partial charge in [0, 0.05) is 0 Å². The van der Waals surface area contributed by atoms with Gasteiger partial charge in [-0.1, -0.05) is 0 Å². The molecule has 72 valence electrons. The van der Waals surface area contributed by atoms with Crippen molar-refractivity contribution in [3.05, 3.63) is 0 Å². The van der Waals surface area contributed by atoms with Crippen molar-refractivity contribution in [2.24, 2.45) is 0 Å². The van der Waals surface area contributed by atoms with Gasteiger partial charge in [0.1, 0.15) is 18.3 Å². The topological polar surface area (TPSA) is 69.9 Å². The molecule has 4 nitrogen and oxygen atoms in total. The minimum absolute atomic E-state index is 0.491. The molecule has 5 heteroatoms. The predicted octanol–water partition coefficient (Wildman–Crippen LogP) is -1.17. The smallest absolute Gasteiger partial charge is 0.157 e. The first-order valence-corrected chi connectivity index (χ1v) is 3.84. The lowest BCUT2D eigenvalue weighted by atomic mass is 9.97. The predicted molar refractivity (Wildman–Crippen MR) is 38.3 cm³/mol. The van der Waals surface area contributed by atoms with Crippen molar-refractivity contribution in [1.82, 2.24) is 0 Å². The third-order valence-electron chi connectivity index (χ3n) is 2.08. The van der Waals surface area contributed by atoms with Gasteiger partial charge in [-0.2, -0.15) is 0 Å². The Balaban J connectivity index is 2.63. The maximum atomic E-state index is 13.0. The van der Waals surface area contributed by atoms with Gasteiger partial charge in [-0.25, -0.2) is 4.39 Å². The van der Waals surface area contributed by atoms with E-state index in [-0.39, 0.29) is 0 Å². The fourth-order valence-corrected chi connectivity index (χ4v) is 1.26. The first kappa shape index (κ1) is 9.85. The second-order valence-electron chi connectivity index (χ2n) is 2.99. The number of ether oxygens (including phenoxy) is 1. The summed E-state index contributed by atoms with van der Waals surface area (Å²) in [6.45, 7) is 1.03. The zero-order valence-electron chi connectivity index (χ0n) is 6.72. The Kier molecular flexibility index (Phi) is 3.00. The highest BCUT2D eigenvalue weighted by Crippen LogP contribution is 2.22. The Morgan fingerprint density at radius 2 is 1.92 bits per heavy atom. The van der Waals surface area contributed by atoms with Crippen molar-refractivity contribution in [1.29, 1.82) is 0 Å². The molecule has 3 N–H and O–H groups in total. The van der Waals surface area contributed by atoms with E-state index in [1.165, 1.54) is 6.92 Å². The third-order valence-corrected chi connectivity index (χ3v) is 2.08. The van der Waals surface area contributed by atoms with Crippen LogP contribution in [-0.4, -0.2) is 52.5 Å². The Morgan fingerprint density at radius 3 is 2.42 bits per heavy atom. The molecule has 0 spiro atoms. The molecule has 1 heterocycles. The Hall–Kier alpha value is -0.230. The average Bonchev–Trinajstić information content (AvgIpc) is 2.08. The van der Waals surface area contributed by atoms with Crippen LogP contribution in [0.25, 0.3) is 0 Å². The van der Waals surface area contributed by atoms with Crippen LogP contribution in [0.1, 0.15) is 6.92 Å². The van der Waals surface area contributed by atoms with Crippen LogP contribution in [0, 0.1) is 0 Å². The molecule has 0 aromatic heterocycles. The first-order chi connectivity index (χ1) is 5.57. The van der Waals surface area contributed by atoms with E-state index in [1.807, 2.05) is 0 Å². The van der Waals surface area contributed by atoms with Gasteiger partial charge in [-0.3, -0.25) is 0 Å². The van der Waals surface area contributed by atoms with Gasteiger partial charge in [-0.15, -0.1) is 0 Å². The van der Waals surface area contributed by atoms with Crippen molar-refractivity contribution in [3.8, 4) is 0 Å². The second kappa shape index (κ2) is 3.66. The molecule has 1 aliphatic heterocycles. The van der Waals surface area contributed by atoms with Crippen LogP contribution in [-0.2, 0) is 4.74 Å². The molecule has 1 saturated heterocycles. The largest absolute Gasteiger partial charge is 0.394 e. The Bertz CT molecular complexity index is 150. The van der Waals surface area contributed by atoms with Crippen molar-refractivity contribution in [3.63, 3.8) is 0 Å². The lowest BCUT2D eigenvalue weighted by Crippen LogP contribution is -2.55. The minimum Gasteiger partial charge on any atom is -0.394 e. The number of rotatable bonds is 1. The summed E-state index contributed by atoms with van der Waals surface area (Å²) in [6, 6.07) is 0. The molecule has 0 aliphatic carbocycles. The molecular weight excluding hydrogens is 167 g/mol. The van der Waals surface area contributed by atoms with Crippen LogP contribution in [0.5, 0.6) is 0 Å². The average molecular weight is 180 g/mol. The van der Waals surface area contributed by atoms with Crippen LogP contribution in [0.15, 0.2) is 0 Å². The summed E-state index contributed by atoms with van der Waals surface area (Å²) in [5.41, 5.74) is 0. The zero-order chi connectivity index (χ0) is 9.30. The Labute approximate surface area is 69.6 Å². The highest BCUT2D eigenvalue weighted by atomic mass is 19.1. The van der Waals surface area contributed by atoms with E-state index in [0.29, 0.717) is 0 Å². The number of hydrogen-bond acceptors (Lipinski definition) is 4. The molecule has 12 heavy (non-hydrogen) atoms. The van der Waals surface area contributed by atoms with Gasteiger partial charge < -0.3 is 20.1 Å². The SMILES string of the molecule is CC1OC(CO)[C@@H](F)C(O)[C@H]1O. The molecule has 1 rings (SSSR count). The number of halogens is 1. The van der Waals surface area contributed by atoms with Crippen molar-refractivity contribution in [2.75, 3.05) is 6.61 Å². The van der Waals surface area contributed by atoms with E-state index in [4.69, 9.17) is 20.1 Å². The maximum absolute atomic E-state index is 13.0. The standard InChI is InChI=1S/C7H13FO4/c1-3-6(10)7(11)5(8)4(2-9)12-3/h3-7,9-11H,2H2,1H3/t3?,4?,5-,6+,7?/m1/s1. The van der Waals surface area contributed by atoms with E-state index < -0.39 is 37.2 Å². The minimum atomic E-state index is -1.72. The lowest BCUT2D eigenvalue weighted by molar-refractivity contribution is -0.205. The van der Waals surface area contributed by atoms with Gasteiger partial charge in [0.15, 0.2) is 6.17 Å². The Morgan fingerprint density at radius 1 is 1.33 bits per heavy atom. The van der Waals surface area contributed by atoms with Gasteiger partial charge in [0.2, 0.25) is 0 Å². The fraction of sp³-hybridized carbons (Fsp3) is 1.00. The molecule has 0 amide bonds. The summed E-state index contributed by atoms with van der Waals surface area (Å²) in [6.07, 6.45) is -6.09. The number of alkyl halides is 1. The van der Waals surface area contributed by atoms with Gasteiger partial charge in [0.05, 0.1) is 12.7 Å². The first-order valence-electron chi connectivity index (χ1n) is 3.84. The zero-order valence-corrected chi connectivity index (χ0v) is 6.72. The molecule has 0 radical (unpaired) electrons.